The van der Waals surface area contributed by atoms with E-state index in [0.717, 1.165) is 12.0 Å². The molecule has 3 rings (SSSR count). The molecule has 0 bridgehead atoms. The molecule has 124 valence electrons. The van der Waals surface area contributed by atoms with Gasteiger partial charge in [-0.05, 0) is 48.2 Å². The maximum absolute atomic E-state index is 12.6. The van der Waals surface area contributed by atoms with Crippen LogP contribution in [0.2, 0.25) is 0 Å². The van der Waals surface area contributed by atoms with E-state index in [1.54, 1.807) is 42.5 Å². The van der Waals surface area contributed by atoms with Crippen LogP contribution in [-0.2, 0) is 11.3 Å². The van der Waals surface area contributed by atoms with Gasteiger partial charge in [0.1, 0.15) is 0 Å². The largest absolute Gasteiger partial charge is 0.337 e. The zero-order valence-electron chi connectivity index (χ0n) is 13.9. The van der Waals surface area contributed by atoms with Crippen LogP contribution in [0, 0.1) is 11.8 Å². The van der Waals surface area contributed by atoms with E-state index in [0.29, 0.717) is 23.7 Å². The summed E-state index contributed by atoms with van der Waals surface area (Å²) in [5.41, 5.74) is 2.25. The molecule has 5 nitrogen and oxygen atoms in total. The molecule has 0 saturated heterocycles. The molecule has 0 radical (unpaired) electrons. The molecule has 5 heteroatoms. The van der Waals surface area contributed by atoms with Crippen molar-refractivity contribution in [2.75, 3.05) is 12.4 Å². The van der Waals surface area contributed by atoms with Crippen molar-refractivity contribution in [2.24, 2.45) is 11.8 Å². The Balaban J connectivity index is 1.66. The van der Waals surface area contributed by atoms with Crippen LogP contribution >= 0.6 is 0 Å². The van der Waals surface area contributed by atoms with Gasteiger partial charge in [0.15, 0.2) is 0 Å². The number of carbonyl (C=O) groups excluding carboxylic acids is 2. The highest BCUT2D eigenvalue weighted by atomic mass is 16.2. The highest BCUT2D eigenvalue weighted by Crippen LogP contribution is 2.38. The Hall–Kier alpha value is -2.69. The summed E-state index contributed by atoms with van der Waals surface area (Å²) in [5.74, 6) is 0.528. The molecular weight excluding hydrogens is 302 g/mol. The summed E-state index contributed by atoms with van der Waals surface area (Å²) in [4.78, 5) is 30.2. The topological polar surface area (TPSA) is 62.3 Å². The van der Waals surface area contributed by atoms with Gasteiger partial charge in [-0.15, -0.1) is 0 Å². The number of nitrogens with zero attached hydrogens (tertiary/aromatic N) is 2. The van der Waals surface area contributed by atoms with E-state index in [-0.39, 0.29) is 17.7 Å². The molecule has 1 aliphatic carbocycles. The van der Waals surface area contributed by atoms with Crippen LogP contribution in [0.4, 0.5) is 5.69 Å². The molecule has 1 aromatic heterocycles. The fraction of sp³-hybridized carbons (Fsp3) is 0.316. The second-order valence-electron chi connectivity index (χ2n) is 6.41. The first kappa shape index (κ1) is 16.2. The van der Waals surface area contributed by atoms with Crippen molar-refractivity contribution < 1.29 is 9.59 Å². The van der Waals surface area contributed by atoms with Gasteiger partial charge < -0.3 is 10.2 Å². The van der Waals surface area contributed by atoms with E-state index in [9.17, 15) is 9.59 Å². The van der Waals surface area contributed by atoms with E-state index in [4.69, 9.17) is 0 Å². The predicted octanol–water partition coefficient (Wildman–Crippen LogP) is 2.95. The second kappa shape index (κ2) is 6.83. The lowest BCUT2D eigenvalue weighted by Crippen LogP contribution is -2.26. The Kier molecular flexibility index (Phi) is 4.60. The van der Waals surface area contributed by atoms with Crippen LogP contribution in [0.25, 0.3) is 0 Å². The number of carbonyl (C=O) groups is 2. The molecule has 1 fully saturated rings. The van der Waals surface area contributed by atoms with E-state index < -0.39 is 0 Å². The first-order valence-electron chi connectivity index (χ1n) is 8.10. The van der Waals surface area contributed by atoms with Crippen LogP contribution in [0.3, 0.4) is 0 Å². The minimum absolute atomic E-state index is 0.0391. The monoisotopic (exact) mass is 323 g/mol. The predicted molar refractivity (Wildman–Crippen MR) is 92.4 cm³/mol. The fourth-order valence-electron chi connectivity index (χ4n) is 2.71. The lowest BCUT2D eigenvalue weighted by Gasteiger charge is -2.17. The quantitative estimate of drug-likeness (QED) is 0.920. The average Bonchev–Trinajstić information content (AvgIpc) is 3.32. The minimum Gasteiger partial charge on any atom is -0.337 e. The Morgan fingerprint density at radius 1 is 1.25 bits per heavy atom. The Bertz CT molecular complexity index is 745. The number of anilines is 1. The molecule has 2 atom stereocenters. The number of nitrogens with one attached hydrogen (secondary N) is 1. The molecule has 0 spiro atoms. The molecule has 2 aromatic rings. The number of pyridine rings is 1. The van der Waals surface area contributed by atoms with E-state index >= 15 is 0 Å². The van der Waals surface area contributed by atoms with E-state index in [1.165, 1.54) is 0 Å². The highest BCUT2D eigenvalue weighted by molar-refractivity contribution is 5.98. The maximum Gasteiger partial charge on any atom is 0.253 e. The van der Waals surface area contributed by atoms with Crippen molar-refractivity contribution in [3.8, 4) is 0 Å². The summed E-state index contributed by atoms with van der Waals surface area (Å²) in [5, 5.41) is 2.90. The molecule has 0 unspecified atom stereocenters. The highest BCUT2D eigenvalue weighted by Gasteiger charge is 2.39. The Labute approximate surface area is 141 Å². The summed E-state index contributed by atoms with van der Waals surface area (Å²) in [6, 6.07) is 10.9. The SMILES string of the molecule is C[C@@H]1C[C@H]1C(=O)Nc1cccc(C(=O)N(C)Cc2ccncc2)c1. The molecule has 1 N–H and O–H groups in total. The first-order valence-corrected chi connectivity index (χ1v) is 8.10. The fourth-order valence-corrected chi connectivity index (χ4v) is 2.71. The number of aromatic nitrogens is 1. The van der Waals surface area contributed by atoms with Gasteiger partial charge in [0.2, 0.25) is 5.91 Å². The van der Waals surface area contributed by atoms with E-state index in [2.05, 4.69) is 17.2 Å². The van der Waals surface area contributed by atoms with Crippen LogP contribution < -0.4 is 5.32 Å². The molecule has 1 aromatic carbocycles. The van der Waals surface area contributed by atoms with Gasteiger partial charge >= 0.3 is 0 Å². The van der Waals surface area contributed by atoms with Crippen molar-refractivity contribution in [2.45, 2.75) is 19.9 Å². The molecule has 1 saturated carbocycles. The van der Waals surface area contributed by atoms with Gasteiger partial charge in [-0.3, -0.25) is 14.6 Å². The molecular formula is C19H21N3O2. The smallest absolute Gasteiger partial charge is 0.253 e. The second-order valence-corrected chi connectivity index (χ2v) is 6.41. The van der Waals surface area contributed by atoms with Gasteiger partial charge in [-0.2, -0.15) is 0 Å². The summed E-state index contributed by atoms with van der Waals surface area (Å²) < 4.78 is 0. The normalized spacial score (nSPS) is 18.8. The van der Waals surface area contributed by atoms with Crippen molar-refractivity contribution in [3.05, 3.63) is 59.9 Å². The summed E-state index contributed by atoms with van der Waals surface area (Å²) >= 11 is 0. The zero-order chi connectivity index (χ0) is 17.1. The van der Waals surface area contributed by atoms with Crippen molar-refractivity contribution in [1.82, 2.24) is 9.88 Å². The number of amides is 2. The summed E-state index contributed by atoms with van der Waals surface area (Å²) in [6.07, 6.45) is 4.37. The van der Waals surface area contributed by atoms with Gasteiger partial charge in [0, 0.05) is 43.2 Å². The lowest BCUT2D eigenvalue weighted by atomic mass is 10.1. The number of rotatable bonds is 5. The van der Waals surface area contributed by atoms with Gasteiger partial charge in [0.25, 0.3) is 5.91 Å². The number of hydrogen-bond donors (Lipinski definition) is 1. The van der Waals surface area contributed by atoms with Crippen LogP contribution in [0.15, 0.2) is 48.8 Å². The van der Waals surface area contributed by atoms with Crippen LogP contribution in [0.1, 0.15) is 29.3 Å². The molecule has 0 aliphatic heterocycles. The van der Waals surface area contributed by atoms with Gasteiger partial charge in [-0.1, -0.05) is 13.0 Å². The van der Waals surface area contributed by atoms with Gasteiger partial charge in [-0.25, -0.2) is 0 Å². The number of benzene rings is 1. The molecule has 24 heavy (non-hydrogen) atoms. The zero-order valence-corrected chi connectivity index (χ0v) is 13.9. The summed E-state index contributed by atoms with van der Waals surface area (Å²) in [7, 11) is 1.76. The minimum atomic E-state index is -0.0808. The van der Waals surface area contributed by atoms with Gasteiger partial charge in [0.05, 0.1) is 0 Å². The lowest BCUT2D eigenvalue weighted by molar-refractivity contribution is -0.117. The first-order chi connectivity index (χ1) is 11.5. The maximum atomic E-state index is 12.6. The molecule has 2 amide bonds. The van der Waals surface area contributed by atoms with E-state index in [1.807, 2.05) is 18.2 Å². The third-order valence-corrected chi connectivity index (χ3v) is 4.34. The van der Waals surface area contributed by atoms with Crippen LogP contribution in [0.5, 0.6) is 0 Å². The summed E-state index contributed by atoms with van der Waals surface area (Å²) in [6.45, 7) is 2.58. The van der Waals surface area contributed by atoms with Crippen molar-refractivity contribution >= 4 is 17.5 Å². The third kappa shape index (κ3) is 3.79. The average molecular weight is 323 g/mol. The van der Waals surface area contributed by atoms with Crippen molar-refractivity contribution in [3.63, 3.8) is 0 Å². The molecule has 1 aliphatic rings. The van der Waals surface area contributed by atoms with Crippen LogP contribution in [-0.4, -0.2) is 28.7 Å². The standard InChI is InChI=1S/C19H21N3O2/c1-13-10-17(13)18(23)21-16-5-3-4-15(11-16)19(24)22(2)12-14-6-8-20-9-7-14/h3-9,11,13,17H,10,12H2,1-2H3,(H,21,23)/t13-,17-/m1/s1. The van der Waals surface area contributed by atoms with Crippen molar-refractivity contribution in [1.29, 1.82) is 0 Å². The third-order valence-electron chi connectivity index (χ3n) is 4.34. The Morgan fingerprint density at radius 2 is 1.96 bits per heavy atom. The molecule has 1 heterocycles. The Morgan fingerprint density at radius 3 is 2.62 bits per heavy atom. The number of hydrogen-bond acceptors (Lipinski definition) is 3.